The number of nitrogens with zero attached hydrogens (tertiary/aromatic N) is 1. The molecular formula is C15H20N2O3. The van der Waals surface area contributed by atoms with Crippen LogP contribution in [0, 0.1) is 0 Å². The number of rotatable bonds is 5. The SMILES string of the molecule is O=C(Cc1ccccc1O)NCCC(=O)N1CCCC1. The minimum Gasteiger partial charge on any atom is -0.508 e. The van der Waals surface area contributed by atoms with Gasteiger partial charge in [0, 0.05) is 31.6 Å². The van der Waals surface area contributed by atoms with Gasteiger partial charge in [-0.2, -0.15) is 0 Å². The molecule has 0 radical (unpaired) electrons. The van der Waals surface area contributed by atoms with Crippen molar-refractivity contribution in [1.29, 1.82) is 0 Å². The van der Waals surface area contributed by atoms with Crippen LogP contribution in [0.2, 0.25) is 0 Å². The number of phenols is 1. The Bertz CT molecular complexity index is 482. The Morgan fingerprint density at radius 3 is 2.60 bits per heavy atom. The van der Waals surface area contributed by atoms with E-state index in [2.05, 4.69) is 5.32 Å². The number of aromatic hydroxyl groups is 1. The number of hydrogen-bond acceptors (Lipinski definition) is 3. The molecule has 1 aliphatic heterocycles. The summed E-state index contributed by atoms with van der Waals surface area (Å²) in [7, 11) is 0. The highest BCUT2D eigenvalue weighted by Gasteiger charge is 2.17. The van der Waals surface area contributed by atoms with Gasteiger partial charge in [0.1, 0.15) is 5.75 Å². The molecule has 0 aliphatic carbocycles. The van der Waals surface area contributed by atoms with Crippen LogP contribution in [-0.4, -0.2) is 41.5 Å². The Balaban J connectivity index is 1.70. The van der Waals surface area contributed by atoms with E-state index in [4.69, 9.17) is 0 Å². The summed E-state index contributed by atoms with van der Waals surface area (Å²) in [6, 6.07) is 6.76. The number of likely N-dealkylation sites (tertiary alicyclic amines) is 1. The average molecular weight is 276 g/mol. The highest BCUT2D eigenvalue weighted by molar-refractivity contribution is 5.81. The lowest BCUT2D eigenvalue weighted by atomic mass is 10.1. The molecule has 0 atom stereocenters. The Hall–Kier alpha value is -2.04. The van der Waals surface area contributed by atoms with E-state index >= 15 is 0 Å². The molecule has 1 heterocycles. The molecule has 1 aromatic carbocycles. The van der Waals surface area contributed by atoms with Crippen LogP contribution >= 0.6 is 0 Å². The molecule has 0 spiro atoms. The molecule has 5 nitrogen and oxygen atoms in total. The van der Waals surface area contributed by atoms with E-state index in [0.29, 0.717) is 18.5 Å². The van der Waals surface area contributed by atoms with Crippen LogP contribution in [0.25, 0.3) is 0 Å². The van der Waals surface area contributed by atoms with Crippen molar-refractivity contribution in [1.82, 2.24) is 10.2 Å². The second kappa shape index (κ2) is 6.93. The predicted octanol–water partition coefficient (Wildman–Crippen LogP) is 1.06. The summed E-state index contributed by atoms with van der Waals surface area (Å²) in [5.74, 6) is 0.0434. The van der Waals surface area contributed by atoms with Gasteiger partial charge in [-0.25, -0.2) is 0 Å². The minimum absolute atomic E-state index is 0.102. The highest BCUT2D eigenvalue weighted by atomic mass is 16.3. The maximum absolute atomic E-state index is 11.8. The number of carbonyl (C=O) groups is 2. The molecule has 5 heteroatoms. The number of nitrogens with one attached hydrogen (secondary N) is 1. The van der Waals surface area contributed by atoms with Crippen LogP contribution in [0.15, 0.2) is 24.3 Å². The Morgan fingerprint density at radius 1 is 1.20 bits per heavy atom. The van der Waals surface area contributed by atoms with Crippen molar-refractivity contribution in [3.05, 3.63) is 29.8 Å². The zero-order valence-corrected chi connectivity index (χ0v) is 11.5. The molecule has 1 aliphatic rings. The van der Waals surface area contributed by atoms with Crippen LogP contribution < -0.4 is 5.32 Å². The van der Waals surface area contributed by atoms with E-state index in [9.17, 15) is 14.7 Å². The van der Waals surface area contributed by atoms with Crippen molar-refractivity contribution in [2.24, 2.45) is 0 Å². The first-order valence-corrected chi connectivity index (χ1v) is 6.98. The summed E-state index contributed by atoms with van der Waals surface area (Å²) in [6.07, 6.45) is 2.62. The van der Waals surface area contributed by atoms with E-state index in [-0.39, 0.29) is 24.0 Å². The van der Waals surface area contributed by atoms with E-state index in [1.165, 1.54) is 0 Å². The second-order valence-corrected chi connectivity index (χ2v) is 4.99. The fourth-order valence-corrected chi connectivity index (χ4v) is 2.33. The van der Waals surface area contributed by atoms with Crippen LogP contribution in [0.5, 0.6) is 5.75 Å². The number of phenolic OH excluding ortho intramolecular Hbond substituents is 1. The van der Waals surface area contributed by atoms with Gasteiger partial charge in [0.15, 0.2) is 0 Å². The fourth-order valence-electron chi connectivity index (χ4n) is 2.33. The van der Waals surface area contributed by atoms with Crippen molar-refractivity contribution < 1.29 is 14.7 Å². The fraction of sp³-hybridized carbons (Fsp3) is 0.467. The van der Waals surface area contributed by atoms with Gasteiger partial charge >= 0.3 is 0 Å². The molecule has 1 fully saturated rings. The summed E-state index contributed by atoms with van der Waals surface area (Å²) in [4.78, 5) is 25.3. The highest BCUT2D eigenvalue weighted by Crippen LogP contribution is 2.15. The van der Waals surface area contributed by atoms with Crippen molar-refractivity contribution in [2.75, 3.05) is 19.6 Å². The first-order chi connectivity index (χ1) is 9.66. The summed E-state index contributed by atoms with van der Waals surface area (Å²) in [5, 5.41) is 12.3. The van der Waals surface area contributed by atoms with Crippen molar-refractivity contribution >= 4 is 11.8 Å². The molecule has 2 rings (SSSR count). The van der Waals surface area contributed by atoms with Crippen LogP contribution in [-0.2, 0) is 16.0 Å². The molecule has 2 amide bonds. The molecule has 108 valence electrons. The number of hydrogen-bond donors (Lipinski definition) is 2. The van der Waals surface area contributed by atoms with Crippen molar-refractivity contribution in [3.8, 4) is 5.75 Å². The summed E-state index contributed by atoms with van der Waals surface area (Å²) >= 11 is 0. The number of para-hydroxylation sites is 1. The van der Waals surface area contributed by atoms with Crippen LogP contribution in [0.1, 0.15) is 24.8 Å². The number of carbonyl (C=O) groups excluding carboxylic acids is 2. The largest absolute Gasteiger partial charge is 0.508 e. The third-order valence-electron chi connectivity index (χ3n) is 3.46. The molecule has 0 aromatic heterocycles. The monoisotopic (exact) mass is 276 g/mol. The van der Waals surface area contributed by atoms with Gasteiger partial charge < -0.3 is 15.3 Å². The van der Waals surface area contributed by atoms with E-state index in [1.807, 2.05) is 4.90 Å². The molecule has 0 bridgehead atoms. The lowest BCUT2D eigenvalue weighted by molar-refractivity contribution is -0.130. The van der Waals surface area contributed by atoms with Gasteiger partial charge in [0.05, 0.1) is 6.42 Å². The molecule has 1 saturated heterocycles. The molecule has 1 aromatic rings. The molecule has 0 unspecified atom stereocenters. The lowest BCUT2D eigenvalue weighted by Crippen LogP contribution is -2.33. The average Bonchev–Trinajstić information content (AvgIpc) is 2.95. The summed E-state index contributed by atoms with van der Waals surface area (Å²) in [6.45, 7) is 2.02. The zero-order chi connectivity index (χ0) is 14.4. The summed E-state index contributed by atoms with van der Waals surface area (Å²) in [5.41, 5.74) is 0.593. The lowest BCUT2D eigenvalue weighted by Gasteiger charge is -2.15. The topological polar surface area (TPSA) is 69.6 Å². The Labute approximate surface area is 118 Å². The first-order valence-electron chi connectivity index (χ1n) is 6.98. The third kappa shape index (κ3) is 3.98. The normalized spacial score (nSPS) is 14.3. The van der Waals surface area contributed by atoms with Gasteiger partial charge in [-0.1, -0.05) is 18.2 Å². The van der Waals surface area contributed by atoms with Crippen LogP contribution in [0.3, 0.4) is 0 Å². The Kier molecular flexibility index (Phi) is 4.98. The molecule has 20 heavy (non-hydrogen) atoms. The van der Waals surface area contributed by atoms with Gasteiger partial charge in [0.25, 0.3) is 0 Å². The molecule has 0 saturated carbocycles. The van der Waals surface area contributed by atoms with Gasteiger partial charge in [-0.15, -0.1) is 0 Å². The van der Waals surface area contributed by atoms with Gasteiger partial charge in [-0.3, -0.25) is 9.59 Å². The minimum atomic E-state index is -0.180. The predicted molar refractivity (Wildman–Crippen MR) is 75.3 cm³/mol. The van der Waals surface area contributed by atoms with Crippen molar-refractivity contribution in [3.63, 3.8) is 0 Å². The Morgan fingerprint density at radius 2 is 1.90 bits per heavy atom. The van der Waals surface area contributed by atoms with E-state index < -0.39 is 0 Å². The number of benzene rings is 1. The van der Waals surface area contributed by atoms with Crippen LogP contribution in [0.4, 0.5) is 0 Å². The molecule has 2 N–H and O–H groups in total. The maximum atomic E-state index is 11.8. The van der Waals surface area contributed by atoms with Gasteiger partial charge in [0.2, 0.25) is 11.8 Å². The smallest absolute Gasteiger partial charge is 0.224 e. The quantitative estimate of drug-likeness (QED) is 0.845. The van der Waals surface area contributed by atoms with Gasteiger partial charge in [-0.05, 0) is 18.9 Å². The number of amides is 2. The first kappa shape index (κ1) is 14.4. The zero-order valence-electron chi connectivity index (χ0n) is 11.5. The maximum Gasteiger partial charge on any atom is 0.224 e. The second-order valence-electron chi connectivity index (χ2n) is 4.99. The standard InChI is InChI=1S/C15H20N2O3/c18-13-6-2-1-5-12(13)11-14(19)16-8-7-15(20)17-9-3-4-10-17/h1-2,5-6,18H,3-4,7-11H2,(H,16,19). The van der Waals surface area contributed by atoms with Crippen molar-refractivity contribution in [2.45, 2.75) is 25.7 Å². The van der Waals surface area contributed by atoms with E-state index in [0.717, 1.165) is 25.9 Å². The third-order valence-corrected chi connectivity index (χ3v) is 3.46. The summed E-state index contributed by atoms with van der Waals surface area (Å²) < 4.78 is 0. The molecular weight excluding hydrogens is 256 g/mol. The van der Waals surface area contributed by atoms with E-state index in [1.54, 1.807) is 24.3 Å².